The van der Waals surface area contributed by atoms with Crippen molar-refractivity contribution in [3.63, 3.8) is 0 Å². The SMILES string of the molecule is O=C=Nc1cn2c(n1)CCCC2. The van der Waals surface area contributed by atoms with E-state index in [0.29, 0.717) is 5.82 Å². The van der Waals surface area contributed by atoms with E-state index in [1.807, 2.05) is 0 Å². The van der Waals surface area contributed by atoms with Crippen LogP contribution in [0.2, 0.25) is 0 Å². The van der Waals surface area contributed by atoms with E-state index >= 15 is 0 Å². The Labute approximate surface area is 69.9 Å². The van der Waals surface area contributed by atoms with Crippen LogP contribution in [0.1, 0.15) is 18.7 Å². The van der Waals surface area contributed by atoms with Crippen molar-refractivity contribution in [1.29, 1.82) is 0 Å². The predicted molar refractivity (Wildman–Crippen MR) is 42.9 cm³/mol. The molecule has 0 aliphatic carbocycles. The van der Waals surface area contributed by atoms with Crippen LogP contribution < -0.4 is 0 Å². The molecule has 2 rings (SSSR count). The number of nitrogens with zero attached hydrogens (tertiary/aromatic N) is 3. The summed E-state index contributed by atoms with van der Waals surface area (Å²) in [5, 5.41) is 0. The lowest BCUT2D eigenvalue weighted by Crippen LogP contribution is -2.08. The minimum absolute atomic E-state index is 0.488. The molecule has 0 amide bonds. The van der Waals surface area contributed by atoms with Crippen molar-refractivity contribution in [2.75, 3.05) is 0 Å². The van der Waals surface area contributed by atoms with E-state index in [-0.39, 0.29) is 0 Å². The third-order valence-electron chi connectivity index (χ3n) is 2.06. The Balaban J connectivity index is 2.37. The topological polar surface area (TPSA) is 47.2 Å². The normalized spacial score (nSPS) is 15.0. The summed E-state index contributed by atoms with van der Waals surface area (Å²) in [6.07, 6.45) is 6.66. The molecule has 0 saturated carbocycles. The first kappa shape index (κ1) is 7.25. The van der Waals surface area contributed by atoms with Crippen LogP contribution >= 0.6 is 0 Å². The molecule has 12 heavy (non-hydrogen) atoms. The van der Waals surface area contributed by atoms with Crippen molar-refractivity contribution in [2.24, 2.45) is 4.99 Å². The Morgan fingerprint density at radius 1 is 1.58 bits per heavy atom. The highest BCUT2D eigenvalue weighted by Crippen LogP contribution is 2.18. The summed E-state index contributed by atoms with van der Waals surface area (Å²) < 4.78 is 2.06. The van der Waals surface area contributed by atoms with E-state index < -0.39 is 0 Å². The Kier molecular flexibility index (Phi) is 1.76. The minimum atomic E-state index is 0.488. The molecular weight excluding hydrogens is 154 g/mol. The number of aliphatic imine (C=N–C) groups is 1. The number of aromatic nitrogens is 2. The minimum Gasteiger partial charge on any atom is -0.333 e. The molecule has 0 spiro atoms. The van der Waals surface area contributed by atoms with Crippen LogP contribution in [0.15, 0.2) is 11.2 Å². The average molecular weight is 163 g/mol. The van der Waals surface area contributed by atoms with Crippen LogP contribution in [0.4, 0.5) is 5.82 Å². The fourth-order valence-corrected chi connectivity index (χ4v) is 1.50. The van der Waals surface area contributed by atoms with Gasteiger partial charge in [-0.05, 0) is 12.8 Å². The molecular formula is C8H9N3O. The van der Waals surface area contributed by atoms with Gasteiger partial charge in [0, 0.05) is 13.0 Å². The van der Waals surface area contributed by atoms with E-state index in [2.05, 4.69) is 14.5 Å². The highest BCUT2D eigenvalue weighted by atomic mass is 16.1. The number of hydrogen-bond acceptors (Lipinski definition) is 3. The van der Waals surface area contributed by atoms with Crippen LogP contribution in [0.25, 0.3) is 0 Å². The molecule has 0 saturated heterocycles. The molecule has 0 N–H and O–H groups in total. The van der Waals surface area contributed by atoms with E-state index in [0.717, 1.165) is 18.8 Å². The standard InChI is InChI=1S/C8H9N3O/c12-6-9-7-5-11-4-2-1-3-8(11)10-7/h5H,1-4H2. The van der Waals surface area contributed by atoms with Crippen LogP contribution in [-0.2, 0) is 17.8 Å². The molecule has 0 atom stereocenters. The largest absolute Gasteiger partial charge is 0.333 e. The molecule has 0 fully saturated rings. The first-order valence-electron chi connectivity index (χ1n) is 4.04. The number of isocyanates is 1. The highest BCUT2D eigenvalue weighted by Gasteiger charge is 2.11. The van der Waals surface area contributed by atoms with Crippen LogP contribution in [-0.4, -0.2) is 15.6 Å². The Morgan fingerprint density at radius 2 is 2.50 bits per heavy atom. The van der Waals surface area contributed by atoms with Crippen molar-refractivity contribution in [2.45, 2.75) is 25.8 Å². The van der Waals surface area contributed by atoms with E-state index in [4.69, 9.17) is 0 Å². The molecule has 0 aromatic carbocycles. The average Bonchev–Trinajstić information content (AvgIpc) is 2.47. The van der Waals surface area contributed by atoms with Crippen molar-refractivity contribution in [3.05, 3.63) is 12.0 Å². The summed E-state index contributed by atoms with van der Waals surface area (Å²) in [4.78, 5) is 17.6. The number of rotatable bonds is 1. The summed E-state index contributed by atoms with van der Waals surface area (Å²) in [6, 6.07) is 0. The van der Waals surface area contributed by atoms with Crippen LogP contribution in [0.3, 0.4) is 0 Å². The van der Waals surface area contributed by atoms with Crippen molar-refractivity contribution >= 4 is 11.9 Å². The number of aryl methyl sites for hydroxylation is 2. The summed E-state index contributed by atoms with van der Waals surface area (Å²) in [5.74, 6) is 1.53. The maximum Gasteiger partial charge on any atom is 0.242 e. The Bertz CT molecular complexity index is 313. The highest BCUT2D eigenvalue weighted by molar-refractivity contribution is 5.43. The fraction of sp³-hybridized carbons (Fsp3) is 0.500. The molecule has 1 aliphatic heterocycles. The van der Waals surface area contributed by atoms with E-state index in [1.165, 1.54) is 18.9 Å². The first-order chi connectivity index (χ1) is 5.90. The molecule has 1 aliphatic rings. The van der Waals surface area contributed by atoms with Gasteiger partial charge in [0.05, 0.1) is 6.20 Å². The Hall–Kier alpha value is -1.41. The van der Waals surface area contributed by atoms with E-state index in [1.54, 1.807) is 6.20 Å². The van der Waals surface area contributed by atoms with Gasteiger partial charge in [-0.15, -0.1) is 4.99 Å². The van der Waals surface area contributed by atoms with Gasteiger partial charge < -0.3 is 4.57 Å². The van der Waals surface area contributed by atoms with Crippen molar-refractivity contribution in [3.8, 4) is 0 Å². The molecule has 4 nitrogen and oxygen atoms in total. The maximum atomic E-state index is 9.95. The third kappa shape index (κ3) is 1.17. The van der Waals surface area contributed by atoms with Gasteiger partial charge in [-0.1, -0.05) is 0 Å². The zero-order chi connectivity index (χ0) is 8.39. The first-order valence-corrected chi connectivity index (χ1v) is 4.04. The molecule has 0 unspecified atom stereocenters. The zero-order valence-corrected chi connectivity index (χ0v) is 6.66. The van der Waals surface area contributed by atoms with Gasteiger partial charge in [0.25, 0.3) is 0 Å². The van der Waals surface area contributed by atoms with Gasteiger partial charge in [0.2, 0.25) is 6.08 Å². The van der Waals surface area contributed by atoms with Crippen molar-refractivity contribution < 1.29 is 4.79 Å². The van der Waals surface area contributed by atoms with Gasteiger partial charge in [-0.25, -0.2) is 9.78 Å². The summed E-state index contributed by atoms with van der Waals surface area (Å²) in [7, 11) is 0. The second kappa shape index (κ2) is 2.91. The number of fused-ring (bicyclic) bond motifs is 1. The zero-order valence-electron chi connectivity index (χ0n) is 6.66. The number of imidazole rings is 1. The van der Waals surface area contributed by atoms with Gasteiger partial charge in [0.15, 0.2) is 5.82 Å². The summed E-state index contributed by atoms with van der Waals surface area (Å²) in [6.45, 7) is 0.997. The maximum absolute atomic E-state index is 9.95. The molecule has 0 radical (unpaired) electrons. The molecule has 4 heteroatoms. The quantitative estimate of drug-likeness (QED) is 0.461. The van der Waals surface area contributed by atoms with Crippen molar-refractivity contribution in [1.82, 2.24) is 9.55 Å². The van der Waals surface area contributed by atoms with E-state index in [9.17, 15) is 4.79 Å². The smallest absolute Gasteiger partial charge is 0.242 e. The molecule has 1 aromatic rings. The van der Waals surface area contributed by atoms with Gasteiger partial charge in [-0.2, -0.15) is 0 Å². The Morgan fingerprint density at radius 3 is 3.25 bits per heavy atom. The summed E-state index contributed by atoms with van der Waals surface area (Å²) in [5.41, 5.74) is 0. The fourth-order valence-electron chi connectivity index (χ4n) is 1.50. The second-order valence-electron chi connectivity index (χ2n) is 2.87. The van der Waals surface area contributed by atoms with Crippen LogP contribution in [0.5, 0.6) is 0 Å². The lowest BCUT2D eigenvalue weighted by atomic mass is 10.2. The molecule has 0 bridgehead atoms. The molecule has 2 heterocycles. The van der Waals surface area contributed by atoms with Gasteiger partial charge in [-0.3, -0.25) is 0 Å². The van der Waals surface area contributed by atoms with Gasteiger partial charge in [0.1, 0.15) is 5.82 Å². The number of carbonyl (C=O) groups excluding carboxylic acids is 1. The predicted octanol–water partition coefficient (Wildman–Crippen LogP) is 1.19. The van der Waals surface area contributed by atoms with Crippen LogP contribution in [0, 0.1) is 0 Å². The lowest BCUT2D eigenvalue weighted by Gasteiger charge is -2.11. The lowest BCUT2D eigenvalue weighted by molar-refractivity contribution is 0.522. The monoisotopic (exact) mass is 163 g/mol. The number of hydrogen-bond donors (Lipinski definition) is 0. The summed E-state index contributed by atoms with van der Waals surface area (Å²) >= 11 is 0. The third-order valence-corrected chi connectivity index (χ3v) is 2.06. The molecule has 1 aromatic heterocycles. The molecule has 62 valence electrons. The van der Waals surface area contributed by atoms with Gasteiger partial charge >= 0.3 is 0 Å². The second-order valence-corrected chi connectivity index (χ2v) is 2.87.